The molecule has 18 heavy (non-hydrogen) atoms. The number of carbonyl (C=O) groups excluding carboxylic acids is 2. The van der Waals surface area contributed by atoms with Crippen LogP contribution in [0.3, 0.4) is 0 Å². The zero-order chi connectivity index (χ0) is 13.1. The number of halogens is 1. The first-order chi connectivity index (χ1) is 8.60. The molecule has 1 fully saturated rings. The molecule has 0 radical (unpaired) electrons. The van der Waals surface area contributed by atoms with Crippen LogP contribution in [0.5, 0.6) is 0 Å². The topological polar surface area (TPSA) is 79.2 Å². The molecule has 1 aromatic carbocycles. The van der Waals surface area contributed by atoms with Gasteiger partial charge in [-0.1, -0.05) is 11.6 Å². The van der Waals surface area contributed by atoms with Crippen molar-refractivity contribution in [2.75, 3.05) is 5.32 Å². The number of benzene rings is 1. The number of nitrogens with zero attached hydrogens (tertiary/aromatic N) is 1. The van der Waals surface area contributed by atoms with Crippen molar-refractivity contribution in [2.45, 2.75) is 18.9 Å². The van der Waals surface area contributed by atoms with Gasteiger partial charge >= 0.3 is 5.97 Å². The third-order valence-corrected chi connectivity index (χ3v) is 2.85. The van der Waals surface area contributed by atoms with Crippen LogP contribution >= 0.6 is 11.6 Å². The van der Waals surface area contributed by atoms with Gasteiger partial charge in [-0.15, -0.1) is 0 Å². The number of anilines is 1. The summed E-state index contributed by atoms with van der Waals surface area (Å²) in [6, 6.07) is 6.48. The molecular weight excluding hydrogens is 256 g/mol. The van der Waals surface area contributed by atoms with E-state index in [-0.39, 0.29) is 23.3 Å². The average Bonchev–Trinajstić information content (AvgIpc) is 2.76. The summed E-state index contributed by atoms with van der Waals surface area (Å²) in [5.74, 6) is -0.755. The minimum Gasteiger partial charge on any atom is -0.452 e. The Kier molecular flexibility index (Phi) is 3.49. The van der Waals surface area contributed by atoms with Crippen LogP contribution in [0.25, 0.3) is 0 Å². The summed E-state index contributed by atoms with van der Waals surface area (Å²) in [5, 5.41) is 11.6. The van der Waals surface area contributed by atoms with Crippen molar-refractivity contribution in [1.82, 2.24) is 0 Å². The van der Waals surface area contributed by atoms with Crippen molar-refractivity contribution in [2.24, 2.45) is 0 Å². The van der Waals surface area contributed by atoms with Gasteiger partial charge in [-0.25, -0.2) is 0 Å². The number of carbonyl (C=O) groups is 2. The van der Waals surface area contributed by atoms with E-state index in [1.165, 1.54) is 12.1 Å². The Balaban J connectivity index is 2.06. The van der Waals surface area contributed by atoms with Gasteiger partial charge in [0.05, 0.1) is 10.6 Å². The summed E-state index contributed by atoms with van der Waals surface area (Å²) in [6.07, 6.45) is -0.104. The molecule has 1 atom stereocenters. The molecule has 0 aliphatic carbocycles. The van der Waals surface area contributed by atoms with Crippen LogP contribution in [0.2, 0.25) is 5.02 Å². The molecule has 0 aromatic heterocycles. The zero-order valence-corrected chi connectivity index (χ0v) is 10.0. The second kappa shape index (κ2) is 5.07. The highest BCUT2D eigenvalue weighted by Crippen LogP contribution is 2.21. The number of nitrogens with one attached hydrogen (secondary N) is 1. The fourth-order valence-electron chi connectivity index (χ4n) is 1.62. The van der Waals surface area contributed by atoms with E-state index in [2.05, 4.69) is 5.32 Å². The predicted octanol–water partition coefficient (Wildman–Crippen LogP) is 1.86. The molecule has 0 saturated carbocycles. The summed E-state index contributed by atoms with van der Waals surface area (Å²) in [4.78, 5) is 22.6. The summed E-state index contributed by atoms with van der Waals surface area (Å²) >= 11 is 5.84. The van der Waals surface area contributed by atoms with E-state index >= 15 is 0 Å². The third kappa shape index (κ3) is 2.60. The summed E-state index contributed by atoms with van der Waals surface area (Å²) in [6.45, 7) is 0. The Morgan fingerprint density at radius 1 is 1.56 bits per heavy atom. The fourth-order valence-corrected chi connectivity index (χ4v) is 1.84. The van der Waals surface area contributed by atoms with Crippen molar-refractivity contribution >= 4 is 29.2 Å². The number of hydrogen-bond donors (Lipinski definition) is 1. The number of rotatable bonds is 2. The van der Waals surface area contributed by atoms with E-state index in [1.807, 2.05) is 6.07 Å². The Morgan fingerprint density at radius 3 is 2.89 bits per heavy atom. The van der Waals surface area contributed by atoms with Gasteiger partial charge in [0, 0.05) is 18.5 Å². The fraction of sp³-hybridized carbons (Fsp3) is 0.250. The van der Waals surface area contributed by atoms with Crippen molar-refractivity contribution in [3.63, 3.8) is 0 Å². The minimum atomic E-state index is -0.744. The molecule has 92 valence electrons. The highest BCUT2D eigenvalue weighted by atomic mass is 35.5. The monoisotopic (exact) mass is 264 g/mol. The molecule has 6 heteroatoms. The Labute approximate surface area is 108 Å². The highest BCUT2D eigenvalue weighted by Gasteiger charge is 2.29. The van der Waals surface area contributed by atoms with Gasteiger partial charge in [-0.3, -0.25) is 9.59 Å². The summed E-state index contributed by atoms with van der Waals surface area (Å²) in [7, 11) is 0. The number of ether oxygens (including phenoxy) is 1. The lowest BCUT2D eigenvalue weighted by Crippen LogP contribution is -2.27. The van der Waals surface area contributed by atoms with Crippen molar-refractivity contribution < 1.29 is 14.3 Å². The van der Waals surface area contributed by atoms with Gasteiger partial charge in [0.15, 0.2) is 6.10 Å². The van der Waals surface area contributed by atoms with Crippen LogP contribution in [0.1, 0.15) is 18.4 Å². The molecule has 1 amide bonds. The lowest BCUT2D eigenvalue weighted by Gasteiger charge is -2.10. The second-order valence-electron chi connectivity index (χ2n) is 3.81. The van der Waals surface area contributed by atoms with Crippen LogP contribution in [0.15, 0.2) is 18.2 Å². The van der Waals surface area contributed by atoms with E-state index in [0.29, 0.717) is 17.7 Å². The molecule has 1 saturated heterocycles. The normalized spacial score (nSPS) is 18.0. The Bertz CT molecular complexity index is 551. The van der Waals surface area contributed by atoms with Gasteiger partial charge in [-0.05, 0) is 18.2 Å². The molecule has 1 aliphatic heterocycles. The van der Waals surface area contributed by atoms with Crippen molar-refractivity contribution in [1.29, 1.82) is 5.26 Å². The maximum atomic E-state index is 11.7. The molecule has 1 aromatic rings. The molecular formula is C12H9ClN2O3. The molecule has 5 nitrogen and oxygen atoms in total. The average molecular weight is 265 g/mol. The van der Waals surface area contributed by atoms with E-state index in [9.17, 15) is 9.59 Å². The lowest BCUT2D eigenvalue weighted by molar-refractivity contribution is -0.146. The van der Waals surface area contributed by atoms with Crippen LogP contribution in [-0.2, 0) is 14.3 Å². The minimum absolute atomic E-state index is 0.256. The van der Waals surface area contributed by atoms with E-state index < -0.39 is 6.10 Å². The van der Waals surface area contributed by atoms with Crippen molar-refractivity contribution in [3.8, 4) is 6.07 Å². The van der Waals surface area contributed by atoms with Gasteiger partial charge in [0.1, 0.15) is 6.07 Å². The highest BCUT2D eigenvalue weighted by molar-refractivity contribution is 6.32. The first-order valence-corrected chi connectivity index (χ1v) is 5.68. The van der Waals surface area contributed by atoms with Gasteiger partial charge < -0.3 is 10.1 Å². The molecule has 0 spiro atoms. The third-order valence-electron chi connectivity index (χ3n) is 2.53. The smallest absolute Gasteiger partial charge is 0.306 e. The maximum absolute atomic E-state index is 11.7. The number of amides is 1. The number of hydrogen-bond acceptors (Lipinski definition) is 4. The molecule has 2 rings (SSSR count). The SMILES string of the molecule is N#Cc1ccc(NC(=O)C2CCC(=O)O2)cc1Cl. The van der Waals surface area contributed by atoms with E-state index in [4.69, 9.17) is 21.6 Å². The van der Waals surface area contributed by atoms with Gasteiger partial charge in [0.25, 0.3) is 5.91 Å². The Morgan fingerprint density at radius 2 is 2.33 bits per heavy atom. The van der Waals surface area contributed by atoms with E-state index in [0.717, 1.165) is 0 Å². The largest absolute Gasteiger partial charge is 0.452 e. The van der Waals surface area contributed by atoms with Crippen molar-refractivity contribution in [3.05, 3.63) is 28.8 Å². The maximum Gasteiger partial charge on any atom is 0.306 e. The van der Waals surface area contributed by atoms with Gasteiger partial charge in [-0.2, -0.15) is 5.26 Å². The van der Waals surface area contributed by atoms with Crippen LogP contribution in [0.4, 0.5) is 5.69 Å². The lowest BCUT2D eigenvalue weighted by atomic mass is 10.2. The van der Waals surface area contributed by atoms with Crippen LogP contribution in [0, 0.1) is 11.3 Å². The molecule has 1 aliphatic rings. The molecule has 1 heterocycles. The first kappa shape index (κ1) is 12.4. The first-order valence-electron chi connectivity index (χ1n) is 5.30. The molecule has 1 N–H and O–H groups in total. The zero-order valence-electron chi connectivity index (χ0n) is 9.27. The molecule has 1 unspecified atom stereocenters. The summed E-state index contributed by atoms with van der Waals surface area (Å²) < 4.78 is 4.83. The van der Waals surface area contributed by atoms with E-state index in [1.54, 1.807) is 6.07 Å². The van der Waals surface area contributed by atoms with Crippen LogP contribution < -0.4 is 5.32 Å². The molecule has 0 bridgehead atoms. The van der Waals surface area contributed by atoms with Crippen LogP contribution in [-0.4, -0.2) is 18.0 Å². The number of esters is 1. The number of cyclic esters (lactones) is 1. The standard InChI is InChI=1S/C12H9ClN2O3/c13-9-5-8(2-1-7(9)6-14)15-12(17)10-3-4-11(16)18-10/h1-2,5,10H,3-4H2,(H,15,17). The quantitative estimate of drug-likeness (QED) is 0.827. The summed E-state index contributed by atoms with van der Waals surface area (Å²) in [5.41, 5.74) is 0.800. The Hall–Kier alpha value is -2.06. The van der Waals surface area contributed by atoms with Gasteiger partial charge in [0.2, 0.25) is 0 Å². The number of nitriles is 1. The second-order valence-corrected chi connectivity index (χ2v) is 4.22. The predicted molar refractivity (Wildman–Crippen MR) is 63.9 cm³/mol.